The molecule has 0 aromatic carbocycles. The average Bonchev–Trinajstić information content (AvgIpc) is 2.71. The number of aromatic nitrogens is 2. The maximum atomic E-state index is 11.5. The van der Waals surface area contributed by atoms with Gasteiger partial charge in [0.15, 0.2) is 0 Å². The number of nitrogens with zero attached hydrogens (tertiary/aromatic N) is 4. The summed E-state index contributed by atoms with van der Waals surface area (Å²) >= 11 is 2.24. The van der Waals surface area contributed by atoms with Crippen molar-refractivity contribution in [3.05, 3.63) is 16.1 Å². The quantitative estimate of drug-likeness (QED) is 0.744. The number of hydrogen-bond acceptors (Lipinski definition) is 4. The Morgan fingerprint density at radius 2 is 2.35 bits per heavy atom. The molecule has 0 saturated carbocycles. The molecule has 6 nitrogen and oxygen atoms in total. The molecule has 7 heteroatoms. The van der Waals surface area contributed by atoms with E-state index in [1.54, 1.807) is 6.33 Å². The molecule has 0 bridgehead atoms. The van der Waals surface area contributed by atoms with Gasteiger partial charge in [-0.3, -0.25) is 0 Å². The number of carbonyl (C=O) groups excluding carboxylic acids is 1. The van der Waals surface area contributed by atoms with Crippen LogP contribution in [0.3, 0.4) is 0 Å². The lowest BCUT2D eigenvalue weighted by Gasteiger charge is -2.37. The molecule has 1 unspecified atom stereocenters. The summed E-state index contributed by atoms with van der Waals surface area (Å²) in [7, 11) is 0. The predicted molar refractivity (Wildman–Crippen MR) is 70.9 cm³/mol. The zero-order valence-corrected chi connectivity index (χ0v) is 11.3. The number of nitrogens with one attached hydrogen (secondary N) is 1. The molecule has 0 spiro atoms. The first-order valence-electron chi connectivity index (χ1n) is 5.50. The van der Waals surface area contributed by atoms with Crippen molar-refractivity contribution < 1.29 is 4.79 Å². The van der Waals surface area contributed by atoms with Gasteiger partial charge in [0.25, 0.3) is 0 Å². The minimum absolute atomic E-state index is 0.0621. The van der Waals surface area contributed by atoms with Crippen LogP contribution in [0.5, 0.6) is 0 Å². The standard InChI is InChI=1S/C10H12IN5O/c11-8-4-12-6-14-9(8)15-1-2-16-7(5-15)3-13-10(16)17/h4,6-7H,1-3,5H2,(H,13,17). The summed E-state index contributed by atoms with van der Waals surface area (Å²) < 4.78 is 1.05. The Bertz CT molecular complexity index is 454. The molecule has 1 aromatic heterocycles. The summed E-state index contributed by atoms with van der Waals surface area (Å²) in [4.78, 5) is 23.9. The Labute approximate surface area is 113 Å². The molecule has 3 heterocycles. The third-order valence-electron chi connectivity index (χ3n) is 3.18. The number of hydrogen-bond donors (Lipinski definition) is 1. The summed E-state index contributed by atoms with van der Waals surface area (Å²) in [5.41, 5.74) is 0. The van der Waals surface area contributed by atoms with E-state index in [9.17, 15) is 4.79 Å². The van der Waals surface area contributed by atoms with Crippen molar-refractivity contribution >= 4 is 34.4 Å². The first kappa shape index (κ1) is 11.0. The van der Waals surface area contributed by atoms with Gasteiger partial charge < -0.3 is 15.1 Å². The smallest absolute Gasteiger partial charge is 0.317 e. The van der Waals surface area contributed by atoms with Crippen molar-refractivity contribution in [3.63, 3.8) is 0 Å². The van der Waals surface area contributed by atoms with E-state index in [2.05, 4.69) is 42.8 Å². The molecule has 0 aliphatic carbocycles. The Morgan fingerprint density at radius 1 is 1.47 bits per heavy atom. The van der Waals surface area contributed by atoms with Crippen LogP contribution in [-0.4, -0.2) is 53.1 Å². The molecule has 2 amide bonds. The first-order valence-corrected chi connectivity index (χ1v) is 6.58. The van der Waals surface area contributed by atoms with Crippen molar-refractivity contribution in [2.75, 3.05) is 31.1 Å². The third-order valence-corrected chi connectivity index (χ3v) is 3.94. The Morgan fingerprint density at radius 3 is 3.18 bits per heavy atom. The Kier molecular flexibility index (Phi) is 2.77. The van der Waals surface area contributed by atoms with Crippen LogP contribution < -0.4 is 10.2 Å². The minimum atomic E-state index is 0.0621. The van der Waals surface area contributed by atoms with Crippen LogP contribution >= 0.6 is 22.6 Å². The molecule has 1 aromatic rings. The summed E-state index contributed by atoms with van der Waals surface area (Å²) in [6.07, 6.45) is 3.38. The van der Waals surface area contributed by atoms with Gasteiger partial charge in [-0.15, -0.1) is 0 Å². The Balaban J connectivity index is 1.80. The molecular formula is C10H12IN5O. The Hall–Kier alpha value is -1.12. The second-order valence-electron chi connectivity index (χ2n) is 4.17. The fraction of sp³-hybridized carbons (Fsp3) is 0.500. The van der Waals surface area contributed by atoms with Crippen LogP contribution in [-0.2, 0) is 0 Å². The van der Waals surface area contributed by atoms with E-state index in [1.165, 1.54) is 0 Å². The second kappa shape index (κ2) is 4.28. The first-order chi connectivity index (χ1) is 8.25. The lowest BCUT2D eigenvalue weighted by Crippen LogP contribution is -2.52. The van der Waals surface area contributed by atoms with Gasteiger partial charge in [0.05, 0.1) is 9.61 Å². The van der Waals surface area contributed by atoms with Crippen molar-refractivity contribution in [2.45, 2.75) is 6.04 Å². The van der Waals surface area contributed by atoms with E-state index in [0.29, 0.717) is 0 Å². The molecule has 3 rings (SSSR count). The number of fused-ring (bicyclic) bond motifs is 1. The number of amides is 2. The maximum Gasteiger partial charge on any atom is 0.317 e. The molecule has 2 saturated heterocycles. The van der Waals surface area contributed by atoms with E-state index in [0.717, 1.165) is 35.6 Å². The lowest BCUT2D eigenvalue weighted by molar-refractivity contribution is 0.197. The van der Waals surface area contributed by atoms with E-state index in [-0.39, 0.29) is 12.1 Å². The number of carbonyl (C=O) groups is 1. The van der Waals surface area contributed by atoms with Crippen molar-refractivity contribution in [2.24, 2.45) is 0 Å². The van der Waals surface area contributed by atoms with Crippen LogP contribution in [0.15, 0.2) is 12.5 Å². The fourth-order valence-electron chi connectivity index (χ4n) is 2.34. The van der Waals surface area contributed by atoms with Crippen LogP contribution in [0.4, 0.5) is 10.6 Å². The number of rotatable bonds is 1. The molecular weight excluding hydrogens is 333 g/mol. The van der Waals surface area contributed by atoms with Gasteiger partial charge in [-0.1, -0.05) is 0 Å². The summed E-state index contributed by atoms with van der Waals surface area (Å²) in [5, 5.41) is 2.87. The van der Waals surface area contributed by atoms with Crippen molar-refractivity contribution in [1.29, 1.82) is 0 Å². The van der Waals surface area contributed by atoms with E-state index < -0.39 is 0 Å². The zero-order valence-electron chi connectivity index (χ0n) is 9.14. The van der Waals surface area contributed by atoms with Crippen molar-refractivity contribution in [1.82, 2.24) is 20.2 Å². The molecule has 0 radical (unpaired) electrons. The number of halogens is 1. The third kappa shape index (κ3) is 1.92. The van der Waals surface area contributed by atoms with Crippen LogP contribution in [0.1, 0.15) is 0 Å². The fourth-order valence-corrected chi connectivity index (χ4v) is 2.98. The number of anilines is 1. The number of urea groups is 1. The predicted octanol–water partition coefficient (Wildman–Crippen LogP) is 0.295. The molecule has 1 N–H and O–H groups in total. The van der Waals surface area contributed by atoms with Crippen molar-refractivity contribution in [3.8, 4) is 0 Å². The molecule has 2 aliphatic rings. The molecule has 90 valence electrons. The van der Waals surface area contributed by atoms with Gasteiger partial charge in [0.2, 0.25) is 0 Å². The van der Waals surface area contributed by atoms with Gasteiger partial charge in [0.1, 0.15) is 12.1 Å². The minimum Gasteiger partial charge on any atom is -0.352 e. The second-order valence-corrected chi connectivity index (χ2v) is 5.34. The highest BCUT2D eigenvalue weighted by Crippen LogP contribution is 2.22. The average molecular weight is 345 g/mol. The topological polar surface area (TPSA) is 61.4 Å². The molecule has 1 atom stereocenters. The van der Waals surface area contributed by atoms with Crippen LogP contribution in [0.2, 0.25) is 0 Å². The van der Waals surface area contributed by atoms with Gasteiger partial charge >= 0.3 is 6.03 Å². The highest BCUT2D eigenvalue weighted by molar-refractivity contribution is 14.1. The van der Waals surface area contributed by atoms with Crippen LogP contribution in [0, 0.1) is 3.57 Å². The van der Waals surface area contributed by atoms with Gasteiger partial charge in [-0.05, 0) is 22.6 Å². The normalized spacial score (nSPS) is 23.6. The lowest BCUT2D eigenvalue weighted by atomic mass is 10.2. The SMILES string of the molecule is O=C1NCC2CN(c3ncncc3I)CCN12. The van der Waals surface area contributed by atoms with E-state index in [1.807, 2.05) is 11.1 Å². The zero-order chi connectivity index (χ0) is 11.8. The van der Waals surface area contributed by atoms with Gasteiger partial charge in [0, 0.05) is 32.4 Å². The van der Waals surface area contributed by atoms with E-state index >= 15 is 0 Å². The van der Waals surface area contributed by atoms with Gasteiger partial charge in [-0.2, -0.15) is 0 Å². The molecule has 2 aliphatic heterocycles. The highest BCUT2D eigenvalue weighted by Gasteiger charge is 2.36. The number of piperazine rings is 1. The molecule has 2 fully saturated rings. The van der Waals surface area contributed by atoms with E-state index in [4.69, 9.17) is 0 Å². The summed E-state index contributed by atoms with van der Waals surface area (Å²) in [6, 6.07) is 0.328. The largest absolute Gasteiger partial charge is 0.352 e. The van der Waals surface area contributed by atoms with Crippen LogP contribution in [0.25, 0.3) is 0 Å². The summed E-state index contributed by atoms with van der Waals surface area (Å²) in [5.74, 6) is 0.972. The summed E-state index contributed by atoms with van der Waals surface area (Å²) in [6.45, 7) is 3.16. The van der Waals surface area contributed by atoms with Gasteiger partial charge in [-0.25, -0.2) is 14.8 Å². The highest BCUT2D eigenvalue weighted by atomic mass is 127. The molecule has 17 heavy (non-hydrogen) atoms. The monoisotopic (exact) mass is 345 g/mol. The maximum absolute atomic E-state index is 11.5.